The van der Waals surface area contributed by atoms with Gasteiger partial charge in [-0.2, -0.15) is 5.10 Å². The molecule has 0 radical (unpaired) electrons. The van der Waals surface area contributed by atoms with E-state index in [1.807, 2.05) is 28.6 Å². The molecule has 2 saturated heterocycles. The topological polar surface area (TPSA) is 80.2 Å². The van der Waals surface area contributed by atoms with E-state index in [1.165, 1.54) is 5.56 Å². The fourth-order valence-electron chi connectivity index (χ4n) is 5.89. The fraction of sp³-hybridized carbons (Fsp3) is 0.414. The lowest BCUT2D eigenvalue weighted by molar-refractivity contribution is 0.0675. The molecule has 36 heavy (non-hydrogen) atoms. The summed E-state index contributed by atoms with van der Waals surface area (Å²) in [6.45, 7) is 4.88. The molecule has 1 N–H and O–H groups in total. The van der Waals surface area contributed by atoms with Crippen molar-refractivity contribution in [1.29, 1.82) is 0 Å². The second-order valence-corrected chi connectivity index (χ2v) is 10.3. The zero-order chi connectivity index (χ0) is 24.6. The van der Waals surface area contributed by atoms with E-state index in [-0.39, 0.29) is 17.5 Å². The molecule has 0 spiro atoms. The van der Waals surface area contributed by atoms with Crippen LogP contribution in [0.5, 0.6) is 0 Å². The van der Waals surface area contributed by atoms with E-state index in [2.05, 4.69) is 40.4 Å². The Bertz CT molecular complexity index is 1460. The number of carbonyl (C=O) groups is 1. The van der Waals surface area contributed by atoms with Crippen molar-refractivity contribution in [3.05, 3.63) is 75.7 Å². The molecular weight excluding hydrogens is 452 g/mol. The van der Waals surface area contributed by atoms with Gasteiger partial charge in [0.25, 0.3) is 11.5 Å². The van der Waals surface area contributed by atoms with Gasteiger partial charge in [0, 0.05) is 37.3 Å². The number of nitrogens with zero attached hydrogens (tertiary/aromatic N) is 3. The number of piperidine rings is 1. The summed E-state index contributed by atoms with van der Waals surface area (Å²) in [6, 6.07) is 14.7. The largest absolute Gasteiger partial charge is 0.381 e. The molecule has 2 aromatic heterocycles. The lowest BCUT2D eigenvalue weighted by Crippen LogP contribution is -2.39. The van der Waals surface area contributed by atoms with Gasteiger partial charge < -0.3 is 14.6 Å². The molecule has 2 aliphatic rings. The molecule has 2 fully saturated rings. The Morgan fingerprint density at radius 1 is 1.06 bits per heavy atom. The number of fused-ring (bicyclic) bond motifs is 3. The average Bonchev–Trinajstić information content (AvgIpc) is 3.36. The SMILES string of the molecule is Cc1cc2[nH]c(=O)c3cnn(C4CCOCC4)c3c2cc1C(=O)N1CCC(Cc2ccccc2)CC1. The van der Waals surface area contributed by atoms with Gasteiger partial charge in [-0.3, -0.25) is 14.3 Å². The van der Waals surface area contributed by atoms with Gasteiger partial charge in [-0.05, 0) is 68.2 Å². The third-order valence-corrected chi connectivity index (χ3v) is 7.94. The van der Waals surface area contributed by atoms with Crippen molar-refractivity contribution in [3.63, 3.8) is 0 Å². The summed E-state index contributed by atoms with van der Waals surface area (Å²) >= 11 is 0. The molecule has 1 amide bonds. The second-order valence-electron chi connectivity index (χ2n) is 10.3. The van der Waals surface area contributed by atoms with Crippen molar-refractivity contribution < 1.29 is 9.53 Å². The van der Waals surface area contributed by atoms with Crippen LogP contribution in [0.25, 0.3) is 21.8 Å². The van der Waals surface area contributed by atoms with E-state index >= 15 is 0 Å². The highest BCUT2D eigenvalue weighted by atomic mass is 16.5. The molecule has 0 unspecified atom stereocenters. The number of hydrogen-bond acceptors (Lipinski definition) is 4. The number of benzene rings is 2. The molecule has 0 atom stereocenters. The minimum atomic E-state index is -0.144. The maximum absolute atomic E-state index is 13.7. The summed E-state index contributed by atoms with van der Waals surface area (Å²) in [5.41, 5.74) is 4.37. The van der Waals surface area contributed by atoms with Crippen LogP contribution in [0.3, 0.4) is 0 Å². The van der Waals surface area contributed by atoms with Gasteiger partial charge in [0.2, 0.25) is 0 Å². The number of carbonyl (C=O) groups excluding carboxylic acids is 1. The molecule has 0 aliphatic carbocycles. The summed E-state index contributed by atoms with van der Waals surface area (Å²) in [5.74, 6) is 0.678. The second kappa shape index (κ2) is 9.54. The van der Waals surface area contributed by atoms with Gasteiger partial charge in [-0.15, -0.1) is 0 Å². The maximum Gasteiger partial charge on any atom is 0.259 e. The third kappa shape index (κ3) is 4.22. The Hall–Kier alpha value is -3.45. The monoisotopic (exact) mass is 484 g/mol. The minimum Gasteiger partial charge on any atom is -0.381 e. The highest BCUT2D eigenvalue weighted by Crippen LogP contribution is 2.31. The molecule has 0 bridgehead atoms. The Morgan fingerprint density at radius 3 is 2.56 bits per heavy atom. The van der Waals surface area contributed by atoms with E-state index in [1.54, 1.807) is 6.20 Å². The number of rotatable bonds is 4. The Kier molecular flexibility index (Phi) is 6.09. The zero-order valence-corrected chi connectivity index (χ0v) is 20.7. The number of likely N-dealkylation sites (tertiary alicyclic amines) is 1. The van der Waals surface area contributed by atoms with Crippen molar-refractivity contribution in [3.8, 4) is 0 Å². The maximum atomic E-state index is 13.7. The third-order valence-electron chi connectivity index (χ3n) is 7.94. The summed E-state index contributed by atoms with van der Waals surface area (Å²) in [6.07, 6.45) is 6.48. The predicted molar refractivity (Wildman–Crippen MR) is 140 cm³/mol. The van der Waals surface area contributed by atoms with Crippen LogP contribution in [0.2, 0.25) is 0 Å². The van der Waals surface area contributed by atoms with E-state index in [0.29, 0.717) is 30.1 Å². The molecule has 186 valence electrons. The number of ether oxygens (including phenoxy) is 1. The predicted octanol–water partition coefficient (Wildman–Crippen LogP) is 4.63. The first-order valence-electron chi connectivity index (χ1n) is 13.0. The zero-order valence-electron chi connectivity index (χ0n) is 20.7. The Morgan fingerprint density at radius 2 is 1.81 bits per heavy atom. The van der Waals surface area contributed by atoms with Gasteiger partial charge in [0.1, 0.15) is 0 Å². The number of nitrogens with one attached hydrogen (secondary N) is 1. The number of aromatic amines is 1. The standard InChI is InChI=1S/C29H32N4O3/c1-19-15-26-24(27-25(28(34)31-26)18-30-33(27)22-9-13-36-14-10-22)17-23(19)29(35)32-11-7-21(8-12-32)16-20-5-3-2-4-6-20/h2-6,15,17-18,21-22H,7-14,16H2,1H3,(H,31,34). The lowest BCUT2D eigenvalue weighted by atomic mass is 9.89. The van der Waals surface area contributed by atoms with E-state index < -0.39 is 0 Å². The van der Waals surface area contributed by atoms with Gasteiger partial charge >= 0.3 is 0 Å². The van der Waals surface area contributed by atoms with Crippen molar-refractivity contribution >= 4 is 27.7 Å². The van der Waals surface area contributed by atoms with Crippen molar-refractivity contribution in [2.24, 2.45) is 5.92 Å². The minimum absolute atomic E-state index is 0.0732. The molecule has 7 nitrogen and oxygen atoms in total. The van der Waals surface area contributed by atoms with Crippen LogP contribution in [0.1, 0.15) is 53.2 Å². The van der Waals surface area contributed by atoms with Crippen LogP contribution in [0.4, 0.5) is 0 Å². The molecule has 6 rings (SSSR count). The molecule has 4 aromatic rings. The van der Waals surface area contributed by atoms with Gasteiger partial charge in [-0.25, -0.2) is 0 Å². The first-order chi connectivity index (χ1) is 17.6. The number of pyridine rings is 1. The van der Waals surface area contributed by atoms with Crippen molar-refractivity contribution in [1.82, 2.24) is 19.7 Å². The number of aryl methyl sites for hydroxylation is 1. The molecule has 2 aromatic carbocycles. The van der Waals surface area contributed by atoms with E-state index in [0.717, 1.165) is 67.2 Å². The summed E-state index contributed by atoms with van der Waals surface area (Å²) < 4.78 is 7.52. The van der Waals surface area contributed by atoms with Crippen LogP contribution >= 0.6 is 0 Å². The van der Waals surface area contributed by atoms with Gasteiger partial charge in [0.15, 0.2) is 0 Å². The first kappa shape index (κ1) is 23.0. The fourth-order valence-corrected chi connectivity index (χ4v) is 5.89. The van der Waals surface area contributed by atoms with E-state index in [9.17, 15) is 9.59 Å². The van der Waals surface area contributed by atoms with Crippen LogP contribution in [-0.2, 0) is 11.2 Å². The quantitative estimate of drug-likeness (QED) is 0.458. The van der Waals surface area contributed by atoms with E-state index in [4.69, 9.17) is 4.74 Å². The molecular formula is C29H32N4O3. The van der Waals surface area contributed by atoms with Gasteiger partial charge in [0.05, 0.1) is 28.7 Å². The summed E-state index contributed by atoms with van der Waals surface area (Å²) in [7, 11) is 0. The first-order valence-corrected chi connectivity index (χ1v) is 13.0. The normalized spacial score (nSPS) is 17.8. The number of hydrogen-bond donors (Lipinski definition) is 1. The Balaban J connectivity index is 1.30. The highest BCUT2D eigenvalue weighted by Gasteiger charge is 2.26. The number of H-pyrrole nitrogens is 1. The van der Waals surface area contributed by atoms with Crippen LogP contribution in [0, 0.1) is 12.8 Å². The summed E-state index contributed by atoms with van der Waals surface area (Å²) in [4.78, 5) is 31.5. The van der Waals surface area contributed by atoms with Crippen LogP contribution in [0.15, 0.2) is 53.5 Å². The van der Waals surface area contributed by atoms with Gasteiger partial charge in [-0.1, -0.05) is 30.3 Å². The molecule has 4 heterocycles. The van der Waals surface area contributed by atoms with Crippen molar-refractivity contribution in [2.45, 2.75) is 45.1 Å². The average molecular weight is 485 g/mol. The highest BCUT2D eigenvalue weighted by molar-refractivity contribution is 6.07. The number of aromatic nitrogens is 3. The Labute approximate surface area is 210 Å². The summed E-state index contributed by atoms with van der Waals surface area (Å²) in [5, 5.41) is 6.05. The molecule has 0 saturated carbocycles. The molecule has 2 aliphatic heterocycles. The number of amides is 1. The van der Waals surface area contributed by atoms with Crippen LogP contribution < -0.4 is 5.56 Å². The lowest BCUT2D eigenvalue weighted by Gasteiger charge is -2.32. The van der Waals surface area contributed by atoms with Crippen LogP contribution in [-0.4, -0.2) is 51.9 Å². The molecule has 7 heteroatoms. The smallest absolute Gasteiger partial charge is 0.259 e. The van der Waals surface area contributed by atoms with Crippen molar-refractivity contribution in [2.75, 3.05) is 26.3 Å².